The molecular weight excluding hydrogens is 260 g/mol. The van der Waals surface area contributed by atoms with Gasteiger partial charge in [0, 0.05) is 6.54 Å². The van der Waals surface area contributed by atoms with Gasteiger partial charge in [-0.05, 0) is 44.0 Å². The minimum Gasteiger partial charge on any atom is -0.324 e. The second-order valence-corrected chi connectivity index (χ2v) is 5.80. The van der Waals surface area contributed by atoms with Gasteiger partial charge in [-0.15, -0.1) is 0 Å². The molecule has 1 heterocycles. The van der Waals surface area contributed by atoms with Gasteiger partial charge >= 0.3 is 0 Å². The van der Waals surface area contributed by atoms with E-state index >= 15 is 0 Å². The van der Waals surface area contributed by atoms with E-state index in [4.69, 9.17) is 11.6 Å². The first-order valence-corrected chi connectivity index (χ1v) is 7.23. The number of carbonyl (C=O) groups is 1. The monoisotopic (exact) mass is 280 g/mol. The summed E-state index contributed by atoms with van der Waals surface area (Å²) in [5, 5.41) is 6.90. The Balaban J connectivity index is 2.17. The van der Waals surface area contributed by atoms with Gasteiger partial charge in [-0.1, -0.05) is 31.0 Å². The highest BCUT2D eigenvalue weighted by Crippen LogP contribution is 2.33. The number of anilines is 1. The second kappa shape index (κ2) is 5.93. The summed E-state index contributed by atoms with van der Waals surface area (Å²) in [7, 11) is 0. The lowest BCUT2D eigenvalue weighted by atomic mass is 9.81. The molecule has 0 aromatic heterocycles. The zero-order valence-corrected chi connectivity index (χ0v) is 12.3. The Labute approximate surface area is 119 Å². The number of hydrogen-bond donors (Lipinski definition) is 2. The lowest BCUT2D eigenvalue weighted by Gasteiger charge is -2.26. The van der Waals surface area contributed by atoms with E-state index in [-0.39, 0.29) is 11.3 Å². The van der Waals surface area contributed by atoms with Gasteiger partial charge in [0.05, 0.1) is 16.1 Å². The normalized spacial score (nSPS) is 22.5. The highest BCUT2D eigenvalue weighted by atomic mass is 35.5. The minimum atomic E-state index is -0.276. The van der Waals surface area contributed by atoms with Gasteiger partial charge < -0.3 is 10.6 Å². The van der Waals surface area contributed by atoms with E-state index in [1.165, 1.54) is 0 Å². The Morgan fingerprint density at radius 1 is 1.53 bits per heavy atom. The van der Waals surface area contributed by atoms with Crippen LogP contribution in [0, 0.1) is 12.3 Å². The molecule has 1 aliphatic rings. The van der Waals surface area contributed by atoms with Gasteiger partial charge in [-0.25, -0.2) is 0 Å². The third kappa shape index (κ3) is 3.10. The number of carbonyl (C=O) groups excluding carboxylic acids is 1. The summed E-state index contributed by atoms with van der Waals surface area (Å²) in [5.41, 5.74) is 1.53. The highest BCUT2D eigenvalue weighted by molar-refractivity contribution is 6.33. The maximum Gasteiger partial charge on any atom is 0.231 e. The standard InChI is InChI=1S/C15H21ClN2O/c1-3-6-15(7-8-17-10-15)14(19)18-13-9-11(2)4-5-12(13)16/h4-5,9,17H,3,6-8,10H2,1-2H3,(H,18,19). The number of aryl methyl sites for hydroxylation is 1. The molecule has 4 heteroatoms. The smallest absolute Gasteiger partial charge is 0.231 e. The zero-order chi connectivity index (χ0) is 13.9. The lowest BCUT2D eigenvalue weighted by Crippen LogP contribution is -2.38. The Morgan fingerprint density at radius 3 is 2.95 bits per heavy atom. The number of rotatable bonds is 4. The van der Waals surface area contributed by atoms with Crippen LogP contribution in [-0.4, -0.2) is 19.0 Å². The van der Waals surface area contributed by atoms with E-state index < -0.39 is 0 Å². The zero-order valence-electron chi connectivity index (χ0n) is 11.6. The average Bonchev–Trinajstić information content (AvgIpc) is 2.84. The molecule has 0 saturated carbocycles. The predicted octanol–water partition coefficient (Wildman–Crippen LogP) is 3.37. The van der Waals surface area contributed by atoms with Crippen molar-refractivity contribution in [2.45, 2.75) is 33.1 Å². The van der Waals surface area contributed by atoms with Gasteiger partial charge in [0.2, 0.25) is 5.91 Å². The highest BCUT2D eigenvalue weighted by Gasteiger charge is 2.40. The average molecular weight is 281 g/mol. The van der Waals surface area contributed by atoms with Gasteiger partial charge in [0.1, 0.15) is 0 Å². The van der Waals surface area contributed by atoms with E-state index in [0.29, 0.717) is 10.7 Å². The van der Waals surface area contributed by atoms with E-state index in [0.717, 1.165) is 37.9 Å². The molecule has 1 aromatic rings. The van der Waals surface area contributed by atoms with Gasteiger partial charge in [-0.3, -0.25) is 4.79 Å². The van der Waals surface area contributed by atoms with E-state index in [9.17, 15) is 4.79 Å². The summed E-state index contributed by atoms with van der Waals surface area (Å²) in [5.74, 6) is 0.0897. The molecule has 1 atom stereocenters. The van der Waals surface area contributed by atoms with Crippen LogP contribution in [0.25, 0.3) is 0 Å². The maximum absolute atomic E-state index is 12.6. The number of nitrogens with one attached hydrogen (secondary N) is 2. The molecule has 1 fully saturated rings. The summed E-state index contributed by atoms with van der Waals surface area (Å²) in [6, 6.07) is 5.69. The van der Waals surface area contributed by atoms with Crippen molar-refractivity contribution in [2.75, 3.05) is 18.4 Å². The largest absolute Gasteiger partial charge is 0.324 e. The molecule has 104 valence electrons. The molecular formula is C15H21ClN2O. The van der Waals surface area contributed by atoms with E-state index in [1.807, 2.05) is 25.1 Å². The molecule has 1 amide bonds. The molecule has 1 aliphatic heterocycles. The topological polar surface area (TPSA) is 41.1 Å². The molecule has 0 spiro atoms. The molecule has 2 rings (SSSR count). The first kappa shape index (κ1) is 14.4. The van der Waals surface area contributed by atoms with E-state index in [1.54, 1.807) is 0 Å². The minimum absolute atomic E-state index is 0.0897. The van der Waals surface area contributed by atoms with Crippen molar-refractivity contribution in [3.05, 3.63) is 28.8 Å². The van der Waals surface area contributed by atoms with Crippen LogP contribution in [0.1, 0.15) is 31.7 Å². The van der Waals surface area contributed by atoms with Crippen molar-refractivity contribution in [1.29, 1.82) is 0 Å². The predicted molar refractivity (Wildman–Crippen MR) is 79.6 cm³/mol. The Morgan fingerprint density at radius 2 is 2.32 bits per heavy atom. The molecule has 3 nitrogen and oxygen atoms in total. The van der Waals surface area contributed by atoms with Crippen LogP contribution in [0.4, 0.5) is 5.69 Å². The Kier molecular flexibility index (Phi) is 4.48. The van der Waals surface area contributed by atoms with Gasteiger partial charge in [-0.2, -0.15) is 0 Å². The Hall–Kier alpha value is -1.06. The van der Waals surface area contributed by atoms with Crippen LogP contribution in [0.5, 0.6) is 0 Å². The molecule has 1 unspecified atom stereocenters. The summed E-state index contributed by atoms with van der Waals surface area (Å²) in [6.45, 7) is 5.78. The molecule has 0 bridgehead atoms. The summed E-state index contributed by atoms with van der Waals surface area (Å²) in [4.78, 5) is 12.6. The van der Waals surface area contributed by atoms with Crippen LogP contribution in [0.3, 0.4) is 0 Å². The van der Waals surface area contributed by atoms with Crippen LogP contribution in [0.2, 0.25) is 5.02 Å². The quantitative estimate of drug-likeness (QED) is 0.888. The molecule has 0 aliphatic carbocycles. The van der Waals surface area contributed by atoms with Gasteiger partial charge in [0.15, 0.2) is 0 Å². The lowest BCUT2D eigenvalue weighted by molar-refractivity contribution is -0.125. The number of hydrogen-bond acceptors (Lipinski definition) is 2. The number of amides is 1. The van der Waals surface area contributed by atoms with Crippen LogP contribution >= 0.6 is 11.6 Å². The molecule has 2 N–H and O–H groups in total. The van der Waals surface area contributed by atoms with Crippen molar-refractivity contribution in [1.82, 2.24) is 5.32 Å². The van der Waals surface area contributed by atoms with Crippen LogP contribution in [0.15, 0.2) is 18.2 Å². The first-order valence-electron chi connectivity index (χ1n) is 6.86. The van der Waals surface area contributed by atoms with Crippen LogP contribution in [-0.2, 0) is 4.79 Å². The third-order valence-electron chi connectivity index (χ3n) is 3.82. The SMILES string of the molecule is CCCC1(C(=O)Nc2cc(C)ccc2Cl)CCNC1. The maximum atomic E-state index is 12.6. The molecule has 19 heavy (non-hydrogen) atoms. The summed E-state index contributed by atoms with van der Waals surface area (Å²) in [6.07, 6.45) is 2.82. The fourth-order valence-electron chi connectivity index (χ4n) is 2.73. The van der Waals surface area contributed by atoms with Crippen molar-refractivity contribution in [2.24, 2.45) is 5.41 Å². The Bertz CT molecular complexity index is 467. The van der Waals surface area contributed by atoms with Crippen molar-refractivity contribution in [3.8, 4) is 0 Å². The van der Waals surface area contributed by atoms with Crippen molar-refractivity contribution in [3.63, 3.8) is 0 Å². The first-order chi connectivity index (χ1) is 9.07. The summed E-state index contributed by atoms with van der Waals surface area (Å²) >= 11 is 6.14. The summed E-state index contributed by atoms with van der Waals surface area (Å²) < 4.78 is 0. The van der Waals surface area contributed by atoms with E-state index in [2.05, 4.69) is 17.6 Å². The number of halogens is 1. The molecule has 0 radical (unpaired) electrons. The fourth-order valence-corrected chi connectivity index (χ4v) is 2.90. The second-order valence-electron chi connectivity index (χ2n) is 5.39. The van der Waals surface area contributed by atoms with Crippen molar-refractivity contribution < 1.29 is 4.79 Å². The van der Waals surface area contributed by atoms with Crippen LogP contribution < -0.4 is 10.6 Å². The van der Waals surface area contributed by atoms with Crippen molar-refractivity contribution >= 4 is 23.2 Å². The number of benzene rings is 1. The third-order valence-corrected chi connectivity index (χ3v) is 4.15. The van der Waals surface area contributed by atoms with Gasteiger partial charge in [0.25, 0.3) is 0 Å². The molecule has 1 saturated heterocycles. The fraction of sp³-hybridized carbons (Fsp3) is 0.533. The molecule has 1 aromatic carbocycles.